The second-order valence-corrected chi connectivity index (χ2v) is 7.60. The maximum atomic E-state index is 12.6. The molecule has 29 heavy (non-hydrogen) atoms. The van der Waals surface area contributed by atoms with Gasteiger partial charge < -0.3 is 15.5 Å². The fourth-order valence-corrected chi connectivity index (χ4v) is 4.14. The Balaban J connectivity index is 0.00000150. The molecule has 2 aliphatic heterocycles. The summed E-state index contributed by atoms with van der Waals surface area (Å²) in [6, 6.07) is 10.8. The quantitative estimate of drug-likeness (QED) is 0.746. The van der Waals surface area contributed by atoms with Gasteiger partial charge in [0.2, 0.25) is 0 Å². The molecular weight excluding hydrogens is 411 g/mol. The topological polar surface area (TPSA) is 75.1 Å². The number of nitrogens with one attached hydrogen (secondary N) is 2. The van der Waals surface area contributed by atoms with E-state index in [1.807, 2.05) is 17.7 Å². The summed E-state index contributed by atoms with van der Waals surface area (Å²) in [5, 5.41) is 14.9. The number of piperidine rings is 1. The lowest BCUT2D eigenvalue weighted by Gasteiger charge is -2.23. The minimum absolute atomic E-state index is 0. The summed E-state index contributed by atoms with van der Waals surface area (Å²) >= 11 is 0. The lowest BCUT2D eigenvalue weighted by Crippen LogP contribution is -2.32. The van der Waals surface area contributed by atoms with Crippen LogP contribution in [0.5, 0.6) is 0 Å². The summed E-state index contributed by atoms with van der Waals surface area (Å²) in [5.41, 5.74) is 2.59. The van der Waals surface area contributed by atoms with Crippen molar-refractivity contribution in [2.45, 2.75) is 32.2 Å². The molecule has 0 aliphatic carbocycles. The molecule has 1 aromatic carbocycles. The number of para-hydroxylation sites is 1. The number of carbonyl (C=O) groups is 1. The molecule has 9 heteroatoms. The van der Waals surface area contributed by atoms with E-state index >= 15 is 0 Å². The molecule has 0 saturated carbocycles. The Kier molecular flexibility index (Phi) is 8.74. The van der Waals surface area contributed by atoms with Crippen LogP contribution in [0.2, 0.25) is 0 Å². The number of hydrogen-bond acceptors (Lipinski definition) is 5. The largest absolute Gasteiger partial charge is 0.371 e. The monoisotopic (exact) mass is 440 g/mol. The predicted molar refractivity (Wildman–Crippen MR) is 119 cm³/mol. The number of benzene rings is 1. The van der Waals surface area contributed by atoms with E-state index in [1.54, 1.807) is 0 Å². The first kappa shape index (κ1) is 23.4. The maximum absolute atomic E-state index is 12.6. The lowest BCUT2D eigenvalue weighted by molar-refractivity contribution is 0.0942. The standard InChI is InChI=1S/C20H28N6O.2ClH/c1-15-19(23-24-26(15)18-7-10-21-11-8-18)20(27)22-13-16-9-12-25(14-16)17-5-3-2-4-6-17;;/h2-6,16,18,21H,7-14H2,1H3,(H,22,27);2*1H. The molecule has 1 aromatic heterocycles. The van der Waals surface area contributed by atoms with Crippen molar-refractivity contribution >= 4 is 36.4 Å². The Hall–Kier alpha value is -1.83. The van der Waals surface area contributed by atoms with Gasteiger partial charge in [0.15, 0.2) is 5.69 Å². The van der Waals surface area contributed by atoms with Crippen LogP contribution in [0.1, 0.15) is 41.5 Å². The van der Waals surface area contributed by atoms with Gasteiger partial charge in [0.1, 0.15) is 0 Å². The Morgan fingerprint density at radius 1 is 1.17 bits per heavy atom. The Morgan fingerprint density at radius 3 is 2.62 bits per heavy atom. The molecule has 2 N–H and O–H groups in total. The van der Waals surface area contributed by atoms with E-state index in [-0.39, 0.29) is 30.7 Å². The smallest absolute Gasteiger partial charge is 0.273 e. The number of aromatic nitrogens is 3. The molecule has 3 heterocycles. The molecule has 1 atom stereocenters. The van der Waals surface area contributed by atoms with Crippen LogP contribution in [0.4, 0.5) is 5.69 Å². The van der Waals surface area contributed by atoms with Crippen LogP contribution in [-0.2, 0) is 0 Å². The van der Waals surface area contributed by atoms with Crippen LogP contribution >= 0.6 is 24.8 Å². The number of rotatable bonds is 5. The van der Waals surface area contributed by atoms with Gasteiger partial charge in [-0.25, -0.2) is 4.68 Å². The Bertz CT molecular complexity index is 779. The van der Waals surface area contributed by atoms with Crippen molar-refractivity contribution in [1.82, 2.24) is 25.6 Å². The SMILES string of the molecule is Cc1c(C(=O)NCC2CCN(c3ccccc3)C2)nnn1C1CCNCC1.Cl.Cl. The molecule has 0 radical (unpaired) electrons. The number of halogens is 2. The number of hydrogen-bond donors (Lipinski definition) is 2. The molecular formula is C20H30Cl2N6O. The molecule has 2 aromatic rings. The fourth-order valence-electron chi connectivity index (χ4n) is 4.14. The van der Waals surface area contributed by atoms with Crippen LogP contribution in [0.25, 0.3) is 0 Å². The molecule has 2 saturated heterocycles. The first-order chi connectivity index (χ1) is 13.2. The number of nitrogens with zero attached hydrogens (tertiary/aromatic N) is 4. The molecule has 0 bridgehead atoms. The van der Waals surface area contributed by atoms with Crippen molar-refractivity contribution in [3.8, 4) is 0 Å². The second kappa shape index (κ2) is 10.8. The van der Waals surface area contributed by atoms with Crippen molar-refractivity contribution < 1.29 is 4.79 Å². The van der Waals surface area contributed by atoms with Crippen molar-refractivity contribution in [3.05, 3.63) is 41.7 Å². The molecule has 160 valence electrons. The van der Waals surface area contributed by atoms with E-state index < -0.39 is 0 Å². The first-order valence-electron chi connectivity index (χ1n) is 9.93. The van der Waals surface area contributed by atoms with Gasteiger partial charge in [-0.3, -0.25) is 4.79 Å². The molecule has 7 nitrogen and oxygen atoms in total. The van der Waals surface area contributed by atoms with Crippen LogP contribution < -0.4 is 15.5 Å². The molecule has 2 aliphatic rings. The summed E-state index contributed by atoms with van der Waals surface area (Å²) < 4.78 is 1.93. The van der Waals surface area contributed by atoms with Gasteiger partial charge in [-0.05, 0) is 57.3 Å². The van der Waals surface area contributed by atoms with Crippen molar-refractivity contribution in [2.24, 2.45) is 5.92 Å². The third-order valence-electron chi connectivity index (χ3n) is 5.76. The highest BCUT2D eigenvalue weighted by molar-refractivity contribution is 5.93. The third-order valence-corrected chi connectivity index (χ3v) is 5.76. The first-order valence-corrected chi connectivity index (χ1v) is 9.93. The van der Waals surface area contributed by atoms with Crippen LogP contribution in [0, 0.1) is 12.8 Å². The highest BCUT2D eigenvalue weighted by Crippen LogP contribution is 2.23. The predicted octanol–water partition coefficient (Wildman–Crippen LogP) is 2.61. The van der Waals surface area contributed by atoms with Crippen molar-refractivity contribution in [2.75, 3.05) is 37.6 Å². The summed E-state index contributed by atoms with van der Waals surface area (Å²) in [5.74, 6) is 0.361. The Labute approximate surface area is 184 Å². The molecule has 1 unspecified atom stereocenters. The van der Waals surface area contributed by atoms with Crippen LogP contribution in [0.15, 0.2) is 30.3 Å². The average molecular weight is 441 g/mol. The fraction of sp³-hybridized carbons (Fsp3) is 0.550. The summed E-state index contributed by atoms with van der Waals surface area (Å²) in [6.07, 6.45) is 3.15. The zero-order valence-corrected chi connectivity index (χ0v) is 18.3. The summed E-state index contributed by atoms with van der Waals surface area (Å²) in [7, 11) is 0. The Morgan fingerprint density at radius 2 is 1.90 bits per heavy atom. The van der Waals surface area contributed by atoms with E-state index in [9.17, 15) is 4.79 Å². The minimum Gasteiger partial charge on any atom is -0.371 e. The highest BCUT2D eigenvalue weighted by atomic mass is 35.5. The van der Waals surface area contributed by atoms with Gasteiger partial charge >= 0.3 is 0 Å². The number of anilines is 1. The van der Waals surface area contributed by atoms with E-state index in [4.69, 9.17) is 0 Å². The van der Waals surface area contributed by atoms with E-state index in [0.29, 0.717) is 24.2 Å². The van der Waals surface area contributed by atoms with Crippen molar-refractivity contribution in [1.29, 1.82) is 0 Å². The zero-order valence-electron chi connectivity index (χ0n) is 16.7. The normalized spacial score (nSPS) is 19.3. The van der Waals surface area contributed by atoms with Gasteiger partial charge in [-0.15, -0.1) is 29.9 Å². The van der Waals surface area contributed by atoms with E-state index in [1.165, 1.54) is 5.69 Å². The summed E-state index contributed by atoms with van der Waals surface area (Å²) in [4.78, 5) is 15.0. The summed E-state index contributed by atoms with van der Waals surface area (Å²) in [6.45, 7) is 6.63. The zero-order chi connectivity index (χ0) is 18.6. The van der Waals surface area contributed by atoms with Gasteiger partial charge in [0.25, 0.3) is 5.91 Å². The number of amides is 1. The second-order valence-electron chi connectivity index (χ2n) is 7.60. The van der Waals surface area contributed by atoms with Crippen LogP contribution in [0.3, 0.4) is 0 Å². The van der Waals surface area contributed by atoms with E-state index in [2.05, 4.69) is 50.1 Å². The molecule has 1 amide bonds. The maximum Gasteiger partial charge on any atom is 0.273 e. The third kappa shape index (κ3) is 5.41. The highest BCUT2D eigenvalue weighted by Gasteiger charge is 2.26. The molecule has 0 spiro atoms. The van der Waals surface area contributed by atoms with Gasteiger partial charge in [0, 0.05) is 25.3 Å². The van der Waals surface area contributed by atoms with E-state index in [0.717, 1.165) is 51.1 Å². The molecule has 2 fully saturated rings. The van der Waals surface area contributed by atoms with Gasteiger partial charge in [-0.2, -0.15) is 0 Å². The number of carbonyl (C=O) groups excluding carboxylic acids is 1. The molecule has 4 rings (SSSR count). The van der Waals surface area contributed by atoms with Gasteiger partial charge in [-0.1, -0.05) is 23.4 Å². The lowest BCUT2D eigenvalue weighted by atomic mass is 10.1. The van der Waals surface area contributed by atoms with Crippen LogP contribution in [-0.4, -0.2) is 53.6 Å². The average Bonchev–Trinajstić information content (AvgIpc) is 3.34. The minimum atomic E-state index is -0.106. The van der Waals surface area contributed by atoms with Gasteiger partial charge in [0.05, 0.1) is 11.7 Å². The van der Waals surface area contributed by atoms with Crippen molar-refractivity contribution in [3.63, 3.8) is 0 Å².